The van der Waals surface area contributed by atoms with Crippen LogP contribution in [0, 0.1) is 6.92 Å². The van der Waals surface area contributed by atoms with Gasteiger partial charge in [-0.25, -0.2) is 4.79 Å². The first-order chi connectivity index (χ1) is 8.86. The Kier molecular flexibility index (Phi) is 3.67. The molecule has 1 heterocycles. The van der Waals surface area contributed by atoms with Gasteiger partial charge in [-0.15, -0.1) is 0 Å². The number of carboxylic acids is 1. The van der Waals surface area contributed by atoms with Crippen LogP contribution in [-0.2, 0) is 4.79 Å². The van der Waals surface area contributed by atoms with Gasteiger partial charge in [-0.1, -0.05) is 22.0 Å². The molecule has 0 aliphatic carbocycles. The van der Waals surface area contributed by atoms with E-state index in [1.54, 1.807) is 19.1 Å². The third kappa shape index (κ3) is 2.39. The van der Waals surface area contributed by atoms with Crippen LogP contribution in [0.5, 0.6) is 0 Å². The summed E-state index contributed by atoms with van der Waals surface area (Å²) in [6, 6.07) is 5.34. The minimum Gasteiger partial charge on any atom is -0.480 e. The lowest BCUT2D eigenvalue weighted by Crippen LogP contribution is -2.50. The zero-order valence-corrected chi connectivity index (χ0v) is 12.5. The van der Waals surface area contributed by atoms with Gasteiger partial charge < -0.3 is 10.0 Å². The molecular weight excluding hydrogens is 310 g/mol. The first kappa shape index (κ1) is 14.1. The Morgan fingerprint density at radius 1 is 1.42 bits per heavy atom. The zero-order chi connectivity index (χ0) is 14.2. The number of rotatable bonds is 2. The zero-order valence-electron chi connectivity index (χ0n) is 10.9. The van der Waals surface area contributed by atoms with Gasteiger partial charge in [-0.05, 0) is 44.4 Å². The lowest BCUT2D eigenvalue weighted by atomic mass is 9.98. The second kappa shape index (κ2) is 4.96. The van der Waals surface area contributed by atoms with Gasteiger partial charge in [0.05, 0.1) is 0 Å². The molecule has 0 radical (unpaired) electrons. The van der Waals surface area contributed by atoms with E-state index in [1.165, 1.54) is 4.90 Å². The molecule has 0 aromatic heterocycles. The Morgan fingerprint density at radius 3 is 2.68 bits per heavy atom. The van der Waals surface area contributed by atoms with Gasteiger partial charge in [0, 0.05) is 16.6 Å². The summed E-state index contributed by atoms with van der Waals surface area (Å²) in [6.45, 7) is 4.05. The molecule has 102 valence electrons. The first-order valence-corrected chi connectivity index (χ1v) is 6.97. The molecule has 5 heteroatoms. The number of carbonyl (C=O) groups excluding carboxylic acids is 1. The van der Waals surface area contributed by atoms with E-state index in [-0.39, 0.29) is 5.91 Å². The first-order valence-electron chi connectivity index (χ1n) is 6.18. The standard InChI is InChI=1S/C14H16BrNO3/c1-9-4-5-10(8-11(9)15)12(17)16-7-3-6-14(16,2)13(18)19/h4-5,8H,3,6-7H2,1-2H3,(H,18,19). The highest BCUT2D eigenvalue weighted by Gasteiger charge is 2.46. The van der Waals surface area contributed by atoms with Gasteiger partial charge in [0.1, 0.15) is 5.54 Å². The third-order valence-corrected chi connectivity index (χ3v) is 4.62. The van der Waals surface area contributed by atoms with Crippen LogP contribution >= 0.6 is 15.9 Å². The summed E-state index contributed by atoms with van der Waals surface area (Å²) >= 11 is 3.39. The van der Waals surface area contributed by atoms with Crippen LogP contribution < -0.4 is 0 Å². The molecule has 1 aliphatic rings. The SMILES string of the molecule is Cc1ccc(C(=O)N2CCCC2(C)C(=O)O)cc1Br. The molecule has 1 amide bonds. The fraction of sp³-hybridized carbons (Fsp3) is 0.429. The molecule has 0 spiro atoms. The number of carboxylic acid groups (broad SMARTS) is 1. The van der Waals surface area contributed by atoms with E-state index in [1.807, 2.05) is 13.0 Å². The maximum absolute atomic E-state index is 12.5. The molecule has 1 N–H and O–H groups in total. The predicted octanol–water partition coefficient (Wildman–Crippen LogP) is 2.84. The number of aryl methyl sites for hydroxylation is 1. The molecule has 1 saturated heterocycles. The minimum atomic E-state index is -1.09. The molecule has 1 aromatic carbocycles. The van der Waals surface area contributed by atoms with E-state index >= 15 is 0 Å². The predicted molar refractivity (Wildman–Crippen MR) is 75.2 cm³/mol. The Labute approximate surface area is 120 Å². The van der Waals surface area contributed by atoms with E-state index in [2.05, 4.69) is 15.9 Å². The summed E-state index contributed by atoms with van der Waals surface area (Å²) in [7, 11) is 0. The lowest BCUT2D eigenvalue weighted by Gasteiger charge is -2.31. The summed E-state index contributed by atoms with van der Waals surface area (Å²) in [5.74, 6) is -1.16. The topological polar surface area (TPSA) is 57.6 Å². The number of hydrogen-bond acceptors (Lipinski definition) is 2. The summed E-state index contributed by atoms with van der Waals surface area (Å²) in [5.41, 5.74) is 0.472. The lowest BCUT2D eigenvalue weighted by molar-refractivity contribution is -0.147. The van der Waals surface area contributed by atoms with Crippen molar-refractivity contribution < 1.29 is 14.7 Å². The second-order valence-electron chi connectivity index (χ2n) is 5.10. The van der Waals surface area contributed by atoms with Crippen molar-refractivity contribution in [2.24, 2.45) is 0 Å². The van der Waals surface area contributed by atoms with Crippen molar-refractivity contribution in [2.45, 2.75) is 32.2 Å². The molecule has 1 aliphatic heterocycles. The fourth-order valence-corrected chi connectivity index (χ4v) is 2.77. The maximum Gasteiger partial charge on any atom is 0.329 e. The smallest absolute Gasteiger partial charge is 0.329 e. The fourth-order valence-electron chi connectivity index (χ4n) is 2.39. The van der Waals surface area contributed by atoms with Gasteiger partial charge in [-0.3, -0.25) is 4.79 Å². The van der Waals surface area contributed by atoms with Crippen LogP contribution in [0.4, 0.5) is 0 Å². The molecule has 0 saturated carbocycles. The van der Waals surface area contributed by atoms with Crippen molar-refractivity contribution >= 4 is 27.8 Å². The molecule has 0 bridgehead atoms. The van der Waals surface area contributed by atoms with E-state index < -0.39 is 11.5 Å². The summed E-state index contributed by atoms with van der Waals surface area (Å²) in [6.07, 6.45) is 1.22. The number of benzene rings is 1. The van der Waals surface area contributed by atoms with Crippen molar-refractivity contribution in [3.05, 3.63) is 33.8 Å². The molecule has 1 unspecified atom stereocenters. The van der Waals surface area contributed by atoms with Gasteiger partial charge in [0.2, 0.25) is 0 Å². The van der Waals surface area contributed by atoms with Crippen LogP contribution in [0.1, 0.15) is 35.7 Å². The largest absolute Gasteiger partial charge is 0.480 e. The normalized spacial score (nSPS) is 22.6. The molecule has 1 atom stereocenters. The number of carbonyl (C=O) groups is 2. The highest BCUT2D eigenvalue weighted by atomic mass is 79.9. The van der Waals surface area contributed by atoms with Crippen LogP contribution in [0.2, 0.25) is 0 Å². The van der Waals surface area contributed by atoms with Crippen LogP contribution in [0.25, 0.3) is 0 Å². The van der Waals surface area contributed by atoms with Gasteiger partial charge >= 0.3 is 5.97 Å². The highest BCUT2D eigenvalue weighted by Crippen LogP contribution is 2.31. The number of amides is 1. The molecule has 1 aromatic rings. The number of nitrogens with zero attached hydrogens (tertiary/aromatic N) is 1. The Hall–Kier alpha value is -1.36. The van der Waals surface area contributed by atoms with Crippen LogP contribution in [-0.4, -0.2) is 34.0 Å². The average Bonchev–Trinajstić information content (AvgIpc) is 2.75. The van der Waals surface area contributed by atoms with Crippen molar-refractivity contribution in [1.82, 2.24) is 4.90 Å². The number of hydrogen-bond donors (Lipinski definition) is 1. The molecule has 1 fully saturated rings. The van der Waals surface area contributed by atoms with E-state index in [0.717, 1.165) is 16.5 Å². The summed E-state index contributed by atoms with van der Waals surface area (Å²) in [4.78, 5) is 25.3. The van der Waals surface area contributed by atoms with E-state index in [0.29, 0.717) is 18.5 Å². The number of aliphatic carboxylic acids is 1. The minimum absolute atomic E-state index is 0.219. The number of halogens is 1. The molecule has 2 rings (SSSR count). The molecule has 4 nitrogen and oxygen atoms in total. The Bertz CT molecular complexity index is 543. The van der Waals surface area contributed by atoms with Crippen LogP contribution in [0.3, 0.4) is 0 Å². The van der Waals surface area contributed by atoms with Gasteiger partial charge in [0.15, 0.2) is 0 Å². The Balaban J connectivity index is 2.33. The molecule has 19 heavy (non-hydrogen) atoms. The van der Waals surface area contributed by atoms with E-state index in [4.69, 9.17) is 0 Å². The second-order valence-corrected chi connectivity index (χ2v) is 5.96. The van der Waals surface area contributed by atoms with Crippen molar-refractivity contribution in [2.75, 3.05) is 6.54 Å². The van der Waals surface area contributed by atoms with Crippen molar-refractivity contribution in [3.8, 4) is 0 Å². The quantitative estimate of drug-likeness (QED) is 0.909. The van der Waals surface area contributed by atoms with Gasteiger partial charge in [-0.2, -0.15) is 0 Å². The maximum atomic E-state index is 12.5. The Morgan fingerprint density at radius 2 is 2.11 bits per heavy atom. The summed E-state index contributed by atoms with van der Waals surface area (Å²) < 4.78 is 0.856. The van der Waals surface area contributed by atoms with Gasteiger partial charge in [0.25, 0.3) is 5.91 Å². The summed E-state index contributed by atoms with van der Waals surface area (Å²) in [5, 5.41) is 9.33. The molecular formula is C14H16BrNO3. The highest BCUT2D eigenvalue weighted by molar-refractivity contribution is 9.10. The van der Waals surface area contributed by atoms with Crippen molar-refractivity contribution in [3.63, 3.8) is 0 Å². The van der Waals surface area contributed by atoms with Crippen LogP contribution in [0.15, 0.2) is 22.7 Å². The van der Waals surface area contributed by atoms with E-state index in [9.17, 15) is 14.7 Å². The van der Waals surface area contributed by atoms with Crippen molar-refractivity contribution in [1.29, 1.82) is 0 Å². The third-order valence-electron chi connectivity index (χ3n) is 3.77. The number of likely N-dealkylation sites (tertiary alicyclic amines) is 1. The average molecular weight is 326 g/mol. The monoisotopic (exact) mass is 325 g/mol.